The molecule has 1 aliphatic heterocycles. The van der Waals surface area contributed by atoms with Crippen LogP contribution >= 0.6 is 27.3 Å². The molecular formula is C11H17BrN2O2S2. The molecule has 0 bridgehead atoms. The third-order valence-corrected chi connectivity index (χ3v) is 6.81. The second kappa shape index (κ2) is 6.00. The van der Waals surface area contributed by atoms with E-state index in [9.17, 15) is 8.42 Å². The van der Waals surface area contributed by atoms with Crippen molar-refractivity contribution in [1.29, 1.82) is 0 Å². The minimum absolute atomic E-state index is 0.147. The zero-order valence-electron chi connectivity index (χ0n) is 9.93. The molecule has 0 spiro atoms. The Hall–Kier alpha value is 0.0500. The highest BCUT2D eigenvalue weighted by atomic mass is 79.9. The van der Waals surface area contributed by atoms with Crippen LogP contribution in [0.5, 0.6) is 0 Å². The van der Waals surface area contributed by atoms with Crippen LogP contribution in [-0.4, -0.2) is 26.0 Å². The third kappa shape index (κ3) is 4.03. The average Bonchev–Trinajstić information content (AvgIpc) is 2.84. The molecule has 1 aromatic rings. The van der Waals surface area contributed by atoms with E-state index < -0.39 is 9.84 Å². The Balaban J connectivity index is 1.90. The fraction of sp³-hybridized carbons (Fsp3) is 0.636. The quantitative estimate of drug-likeness (QED) is 0.624. The first-order valence-electron chi connectivity index (χ1n) is 5.88. The normalized spacial score (nSPS) is 24.2. The SMILES string of the molecule is NNC(Cc1cc(Br)cs1)CC1CCS(=O)(=O)C1. The molecule has 7 heteroatoms. The molecule has 2 unspecified atom stereocenters. The average molecular weight is 353 g/mol. The molecule has 0 aromatic carbocycles. The molecule has 1 aromatic heterocycles. The molecule has 0 aliphatic carbocycles. The fourth-order valence-electron chi connectivity index (χ4n) is 2.37. The summed E-state index contributed by atoms with van der Waals surface area (Å²) in [6, 6.07) is 2.23. The Kier molecular flexibility index (Phi) is 4.82. The van der Waals surface area contributed by atoms with Crippen LogP contribution in [0.2, 0.25) is 0 Å². The largest absolute Gasteiger partial charge is 0.271 e. The lowest BCUT2D eigenvalue weighted by Crippen LogP contribution is -2.38. The topological polar surface area (TPSA) is 72.2 Å². The second-order valence-electron chi connectivity index (χ2n) is 4.80. The molecule has 102 valence electrons. The van der Waals surface area contributed by atoms with E-state index in [1.165, 1.54) is 4.88 Å². The van der Waals surface area contributed by atoms with Gasteiger partial charge in [-0.15, -0.1) is 11.3 Å². The van der Waals surface area contributed by atoms with E-state index in [0.29, 0.717) is 11.5 Å². The first kappa shape index (κ1) is 14.5. The lowest BCUT2D eigenvalue weighted by atomic mass is 9.97. The maximum absolute atomic E-state index is 11.4. The zero-order valence-corrected chi connectivity index (χ0v) is 13.2. The van der Waals surface area contributed by atoms with Crippen molar-refractivity contribution in [2.75, 3.05) is 11.5 Å². The smallest absolute Gasteiger partial charge is 0.150 e. The van der Waals surface area contributed by atoms with Gasteiger partial charge in [-0.05, 0) is 47.2 Å². The van der Waals surface area contributed by atoms with E-state index in [2.05, 4.69) is 27.4 Å². The molecule has 0 amide bonds. The number of nitrogens with two attached hydrogens (primary N) is 1. The Morgan fingerprint density at radius 2 is 2.39 bits per heavy atom. The molecule has 3 N–H and O–H groups in total. The van der Waals surface area contributed by atoms with Gasteiger partial charge in [-0.3, -0.25) is 11.3 Å². The molecule has 4 nitrogen and oxygen atoms in total. The van der Waals surface area contributed by atoms with Crippen LogP contribution in [0.15, 0.2) is 15.9 Å². The van der Waals surface area contributed by atoms with Crippen molar-refractivity contribution in [3.8, 4) is 0 Å². The first-order chi connectivity index (χ1) is 8.48. The summed E-state index contributed by atoms with van der Waals surface area (Å²) < 4.78 is 23.9. The molecular weight excluding hydrogens is 336 g/mol. The molecule has 2 atom stereocenters. The van der Waals surface area contributed by atoms with Crippen LogP contribution in [0.1, 0.15) is 17.7 Å². The summed E-state index contributed by atoms with van der Waals surface area (Å²) in [6.45, 7) is 0. The number of rotatable bonds is 5. The second-order valence-corrected chi connectivity index (χ2v) is 8.94. The van der Waals surface area contributed by atoms with E-state index >= 15 is 0 Å². The molecule has 1 fully saturated rings. The van der Waals surface area contributed by atoms with Crippen molar-refractivity contribution in [3.63, 3.8) is 0 Å². The standard InChI is InChI=1S/C11H17BrN2O2S2/c12-9-4-11(17-6-9)5-10(14-13)3-8-1-2-18(15,16)7-8/h4,6,8,10,14H,1-3,5,7,13H2. The van der Waals surface area contributed by atoms with Crippen LogP contribution in [0.3, 0.4) is 0 Å². The molecule has 2 heterocycles. The maximum Gasteiger partial charge on any atom is 0.150 e. The van der Waals surface area contributed by atoms with Gasteiger partial charge in [-0.2, -0.15) is 0 Å². The van der Waals surface area contributed by atoms with Crippen LogP contribution in [0.4, 0.5) is 0 Å². The summed E-state index contributed by atoms with van der Waals surface area (Å²) in [5.74, 6) is 6.47. The number of sulfone groups is 1. The van der Waals surface area contributed by atoms with Crippen molar-refractivity contribution < 1.29 is 8.42 Å². The van der Waals surface area contributed by atoms with Crippen LogP contribution in [0.25, 0.3) is 0 Å². The maximum atomic E-state index is 11.4. The summed E-state index contributed by atoms with van der Waals surface area (Å²) in [5, 5.41) is 2.04. The highest BCUT2D eigenvalue weighted by Crippen LogP contribution is 2.26. The Bertz CT molecular complexity index is 501. The van der Waals surface area contributed by atoms with Crippen LogP contribution < -0.4 is 11.3 Å². The van der Waals surface area contributed by atoms with Gasteiger partial charge in [-0.25, -0.2) is 8.42 Å². The Morgan fingerprint density at radius 1 is 1.61 bits per heavy atom. The van der Waals surface area contributed by atoms with Crippen molar-refractivity contribution >= 4 is 37.1 Å². The first-order valence-corrected chi connectivity index (χ1v) is 9.37. The molecule has 2 rings (SSSR count). The van der Waals surface area contributed by atoms with Gasteiger partial charge in [0.2, 0.25) is 0 Å². The highest BCUT2D eigenvalue weighted by Gasteiger charge is 2.29. The highest BCUT2D eigenvalue weighted by molar-refractivity contribution is 9.10. The Labute approximate surface area is 120 Å². The van der Waals surface area contributed by atoms with E-state index in [-0.39, 0.29) is 12.0 Å². The molecule has 1 saturated heterocycles. The molecule has 0 saturated carbocycles. The summed E-state index contributed by atoms with van der Waals surface area (Å²) in [7, 11) is -2.79. The van der Waals surface area contributed by atoms with E-state index in [1.54, 1.807) is 11.3 Å². The fourth-order valence-corrected chi connectivity index (χ4v) is 5.79. The molecule has 0 radical (unpaired) electrons. The minimum atomic E-state index is -2.79. The number of hydrazine groups is 1. The monoisotopic (exact) mass is 352 g/mol. The van der Waals surface area contributed by atoms with Gasteiger partial charge in [0.1, 0.15) is 0 Å². The lowest BCUT2D eigenvalue weighted by Gasteiger charge is -2.18. The van der Waals surface area contributed by atoms with Crippen LogP contribution in [-0.2, 0) is 16.3 Å². The Morgan fingerprint density at radius 3 is 2.89 bits per heavy atom. The van der Waals surface area contributed by atoms with E-state index in [1.807, 2.05) is 5.38 Å². The number of halogens is 1. The van der Waals surface area contributed by atoms with Crippen molar-refractivity contribution in [3.05, 3.63) is 20.8 Å². The van der Waals surface area contributed by atoms with Gasteiger partial charge in [0.05, 0.1) is 11.5 Å². The van der Waals surface area contributed by atoms with E-state index in [0.717, 1.165) is 23.7 Å². The number of hydrogen-bond acceptors (Lipinski definition) is 5. The van der Waals surface area contributed by atoms with Gasteiger partial charge in [-0.1, -0.05) is 0 Å². The van der Waals surface area contributed by atoms with Gasteiger partial charge < -0.3 is 0 Å². The summed E-state index contributed by atoms with van der Waals surface area (Å²) in [6.07, 6.45) is 2.45. The van der Waals surface area contributed by atoms with Crippen LogP contribution in [0, 0.1) is 5.92 Å². The van der Waals surface area contributed by atoms with Gasteiger partial charge in [0.15, 0.2) is 9.84 Å². The number of hydrogen-bond donors (Lipinski definition) is 2. The van der Waals surface area contributed by atoms with Crippen molar-refractivity contribution in [2.45, 2.75) is 25.3 Å². The predicted molar refractivity (Wildman–Crippen MR) is 78.2 cm³/mol. The summed E-state index contributed by atoms with van der Waals surface area (Å²) in [5.41, 5.74) is 2.81. The van der Waals surface area contributed by atoms with Gasteiger partial charge in [0, 0.05) is 20.8 Å². The molecule has 18 heavy (non-hydrogen) atoms. The summed E-state index contributed by atoms with van der Waals surface area (Å²) >= 11 is 5.12. The minimum Gasteiger partial charge on any atom is -0.271 e. The predicted octanol–water partition coefficient (Wildman–Crippen LogP) is 1.71. The van der Waals surface area contributed by atoms with Gasteiger partial charge >= 0.3 is 0 Å². The van der Waals surface area contributed by atoms with Gasteiger partial charge in [0.25, 0.3) is 0 Å². The van der Waals surface area contributed by atoms with Crippen molar-refractivity contribution in [2.24, 2.45) is 11.8 Å². The van der Waals surface area contributed by atoms with E-state index in [4.69, 9.17) is 5.84 Å². The molecule has 1 aliphatic rings. The van der Waals surface area contributed by atoms with Crippen molar-refractivity contribution in [1.82, 2.24) is 5.43 Å². The number of thiophene rings is 1. The zero-order chi connectivity index (χ0) is 13.2. The lowest BCUT2D eigenvalue weighted by molar-refractivity contribution is 0.410. The number of nitrogens with one attached hydrogen (secondary N) is 1. The summed E-state index contributed by atoms with van der Waals surface area (Å²) in [4.78, 5) is 1.26. The third-order valence-electron chi connectivity index (χ3n) is 3.25.